The van der Waals surface area contributed by atoms with E-state index in [-0.39, 0.29) is 5.56 Å². The molecule has 0 bridgehead atoms. The molecule has 0 saturated carbocycles. The molecular formula is C20H15Cl2F4NO2. The highest BCUT2D eigenvalue weighted by molar-refractivity contribution is 6.35. The minimum Gasteiger partial charge on any atom is -0.480 e. The van der Waals surface area contributed by atoms with Crippen molar-refractivity contribution in [3.8, 4) is 0 Å². The van der Waals surface area contributed by atoms with Crippen LogP contribution in [-0.2, 0) is 28.2 Å². The van der Waals surface area contributed by atoms with Crippen molar-refractivity contribution >= 4 is 28.8 Å². The Morgan fingerprint density at radius 3 is 2.45 bits per heavy atom. The molecule has 2 aromatic carbocycles. The summed E-state index contributed by atoms with van der Waals surface area (Å²) >= 11 is 11.5. The van der Waals surface area contributed by atoms with Gasteiger partial charge in [-0.3, -0.25) is 5.32 Å². The number of rotatable bonds is 2. The smallest absolute Gasteiger partial charge is 0.432 e. The Balaban J connectivity index is 1.72. The zero-order chi connectivity index (χ0) is 20.8. The number of hydrogen-bond acceptors (Lipinski definition) is 3. The van der Waals surface area contributed by atoms with Crippen molar-refractivity contribution in [1.29, 1.82) is 0 Å². The van der Waals surface area contributed by atoms with E-state index in [1.807, 2.05) is 6.07 Å². The van der Waals surface area contributed by atoms with E-state index in [9.17, 15) is 17.6 Å². The summed E-state index contributed by atoms with van der Waals surface area (Å²) in [7, 11) is 0. The average Bonchev–Trinajstić information content (AvgIpc) is 3.00. The van der Waals surface area contributed by atoms with Crippen molar-refractivity contribution in [3.63, 3.8) is 0 Å². The van der Waals surface area contributed by atoms with Gasteiger partial charge in [-0.05, 0) is 40.5 Å². The maximum Gasteiger partial charge on any atom is 0.432 e. The molecule has 0 saturated heterocycles. The normalized spacial score (nSPS) is 21.9. The fourth-order valence-electron chi connectivity index (χ4n) is 3.53. The van der Waals surface area contributed by atoms with Crippen molar-refractivity contribution in [2.24, 2.45) is 0 Å². The lowest BCUT2D eigenvalue weighted by Crippen LogP contribution is -2.42. The zero-order valence-electron chi connectivity index (χ0n) is 14.9. The quantitative estimate of drug-likeness (QED) is 0.457. The number of halogens is 6. The van der Waals surface area contributed by atoms with Gasteiger partial charge < -0.3 is 9.47 Å². The lowest BCUT2D eigenvalue weighted by Gasteiger charge is -2.32. The van der Waals surface area contributed by atoms with Crippen molar-refractivity contribution < 1.29 is 27.0 Å². The molecule has 2 aliphatic rings. The molecule has 0 spiro atoms. The number of benzene rings is 2. The third-order valence-corrected chi connectivity index (χ3v) is 5.65. The molecule has 2 heterocycles. The van der Waals surface area contributed by atoms with E-state index in [0.717, 1.165) is 29.5 Å². The third kappa shape index (κ3) is 3.61. The fourth-order valence-corrected chi connectivity index (χ4v) is 4.02. The first-order chi connectivity index (χ1) is 13.7. The van der Waals surface area contributed by atoms with Crippen LogP contribution in [-0.4, -0.2) is 12.9 Å². The van der Waals surface area contributed by atoms with Gasteiger partial charge in [-0.1, -0.05) is 35.3 Å². The summed E-state index contributed by atoms with van der Waals surface area (Å²) < 4.78 is 66.7. The van der Waals surface area contributed by atoms with Gasteiger partial charge in [0.2, 0.25) is 5.60 Å². The summed E-state index contributed by atoms with van der Waals surface area (Å²) in [6, 6.07) is 7.21. The van der Waals surface area contributed by atoms with Gasteiger partial charge in [-0.25, -0.2) is 4.39 Å². The molecule has 2 aliphatic heterocycles. The van der Waals surface area contributed by atoms with Crippen molar-refractivity contribution in [3.05, 3.63) is 74.7 Å². The lowest BCUT2D eigenvalue weighted by molar-refractivity contribution is -0.260. The first kappa shape index (κ1) is 20.5. The minimum absolute atomic E-state index is 0.352. The Bertz CT molecular complexity index is 970. The lowest BCUT2D eigenvalue weighted by atomic mass is 9.85. The summed E-state index contributed by atoms with van der Waals surface area (Å²) in [6.07, 6.45) is -4.18. The number of alkyl halides is 3. The largest absolute Gasteiger partial charge is 0.480 e. The molecule has 29 heavy (non-hydrogen) atoms. The molecule has 0 aromatic heterocycles. The number of nitrogens with one attached hydrogen (secondary N) is 1. The van der Waals surface area contributed by atoms with Gasteiger partial charge in [-0.2, -0.15) is 13.2 Å². The van der Waals surface area contributed by atoms with E-state index >= 15 is 0 Å². The molecule has 2 aromatic rings. The first-order valence-electron chi connectivity index (χ1n) is 8.70. The SMILES string of the molecule is Fc1c(Cl)cc(C2(C(F)(F)F)CC(c3ccc4c(c3)COCNC4)=CO2)cc1Cl. The van der Waals surface area contributed by atoms with E-state index < -0.39 is 34.1 Å². The van der Waals surface area contributed by atoms with E-state index in [1.165, 1.54) is 0 Å². The zero-order valence-corrected chi connectivity index (χ0v) is 16.4. The van der Waals surface area contributed by atoms with Gasteiger partial charge in [0.25, 0.3) is 0 Å². The molecule has 0 fully saturated rings. The van der Waals surface area contributed by atoms with Crippen LogP contribution < -0.4 is 5.32 Å². The van der Waals surface area contributed by atoms with Crippen LogP contribution in [0.2, 0.25) is 10.0 Å². The third-order valence-electron chi connectivity index (χ3n) is 5.10. The van der Waals surface area contributed by atoms with Crippen LogP contribution in [0.3, 0.4) is 0 Å². The van der Waals surface area contributed by atoms with Crippen LogP contribution in [0.1, 0.15) is 28.7 Å². The van der Waals surface area contributed by atoms with Gasteiger partial charge in [0.05, 0.1) is 29.6 Å². The second-order valence-electron chi connectivity index (χ2n) is 6.92. The molecule has 0 amide bonds. The van der Waals surface area contributed by atoms with Gasteiger partial charge >= 0.3 is 6.18 Å². The molecule has 3 nitrogen and oxygen atoms in total. The van der Waals surface area contributed by atoms with Crippen LogP contribution in [0.15, 0.2) is 36.6 Å². The van der Waals surface area contributed by atoms with E-state index in [2.05, 4.69) is 5.32 Å². The summed E-state index contributed by atoms with van der Waals surface area (Å²) in [5.74, 6) is -0.972. The van der Waals surface area contributed by atoms with Crippen molar-refractivity contribution in [2.75, 3.05) is 6.73 Å². The molecule has 1 unspecified atom stereocenters. The maximum atomic E-state index is 14.1. The fraction of sp³-hybridized carbons (Fsp3) is 0.300. The summed E-state index contributed by atoms with van der Waals surface area (Å²) in [5.41, 5.74) is -0.182. The number of hydrogen-bond donors (Lipinski definition) is 1. The Hall–Kier alpha value is -1.80. The average molecular weight is 448 g/mol. The Morgan fingerprint density at radius 2 is 1.76 bits per heavy atom. The number of ether oxygens (including phenoxy) is 2. The highest BCUT2D eigenvalue weighted by Gasteiger charge is 2.60. The summed E-state index contributed by atoms with van der Waals surface area (Å²) in [6.45, 7) is 1.38. The monoisotopic (exact) mass is 447 g/mol. The highest BCUT2D eigenvalue weighted by atomic mass is 35.5. The molecule has 4 rings (SSSR count). The molecule has 1 N–H and O–H groups in total. The molecular weight excluding hydrogens is 433 g/mol. The standard InChI is InChI=1S/C20H15Cl2F4NO2/c21-16-4-15(5-17(22)18(16)23)19(20(24,25)26)6-14(9-29-19)11-1-2-12-7-27-10-28-8-13(12)3-11/h1-5,9,27H,6-8,10H2. The van der Waals surface area contributed by atoms with E-state index in [0.29, 0.717) is 31.0 Å². The Labute approximate surface area is 174 Å². The van der Waals surface area contributed by atoms with Crippen molar-refractivity contribution in [1.82, 2.24) is 5.32 Å². The molecule has 154 valence electrons. The summed E-state index contributed by atoms with van der Waals surface area (Å²) in [5, 5.41) is 2.10. The van der Waals surface area contributed by atoms with Gasteiger partial charge in [-0.15, -0.1) is 0 Å². The van der Waals surface area contributed by atoms with Gasteiger partial charge in [0.1, 0.15) is 0 Å². The van der Waals surface area contributed by atoms with Crippen LogP contribution in [0, 0.1) is 5.82 Å². The van der Waals surface area contributed by atoms with Crippen LogP contribution in [0.4, 0.5) is 17.6 Å². The summed E-state index contributed by atoms with van der Waals surface area (Å²) in [4.78, 5) is 0. The van der Waals surface area contributed by atoms with Crippen molar-refractivity contribution in [2.45, 2.75) is 31.3 Å². The molecule has 0 aliphatic carbocycles. The van der Waals surface area contributed by atoms with Crippen LogP contribution in [0.5, 0.6) is 0 Å². The highest BCUT2D eigenvalue weighted by Crippen LogP contribution is 2.53. The first-order valence-corrected chi connectivity index (χ1v) is 9.46. The Morgan fingerprint density at radius 1 is 1.03 bits per heavy atom. The van der Waals surface area contributed by atoms with Crippen LogP contribution in [0.25, 0.3) is 5.57 Å². The predicted octanol–water partition coefficient (Wildman–Crippen LogP) is 5.93. The predicted molar refractivity (Wildman–Crippen MR) is 101 cm³/mol. The molecule has 9 heteroatoms. The Kier molecular flexibility index (Phi) is 5.27. The minimum atomic E-state index is -4.78. The molecule has 1 atom stereocenters. The van der Waals surface area contributed by atoms with Gasteiger partial charge in [0.15, 0.2) is 5.82 Å². The van der Waals surface area contributed by atoms with E-state index in [1.54, 1.807) is 12.1 Å². The second kappa shape index (κ2) is 7.47. The second-order valence-corrected chi connectivity index (χ2v) is 7.73. The molecule has 0 radical (unpaired) electrons. The van der Waals surface area contributed by atoms with Crippen LogP contribution >= 0.6 is 23.2 Å². The topological polar surface area (TPSA) is 30.5 Å². The van der Waals surface area contributed by atoms with E-state index in [4.69, 9.17) is 32.7 Å². The van der Waals surface area contributed by atoms with Gasteiger partial charge in [0, 0.05) is 18.5 Å². The number of fused-ring (bicyclic) bond motifs is 1. The maximum absolute atomic E-state index is 14.1.